The molecular formula is C15H18N4O. The molecule has 0 bridgehead atoms. The summed E-state index contributed by atoms with van der Waals surface area (Å²) < 4.78 is 0. The molecule has 0 aliphatic carbocycles. The zero-order valence-corrected chi connectivity index (χ0v) is 11.3. The molecule has 5 nitrogen and oxygen atoms in total. The van der Waals surface area contributed by atoms with E-state index < -0.39 is 0 Å². The number of carbonyl (C=O) groups excluding carboxylic acids is 1. The van der Waals surface area contributed by atoms with Crippen molar-refractivity contribution in [1.29, 1.82) is 5.26 Å². The van der Waals surface area contributed by atoms with Gasteiger partial charge in [0.1, 0.15) is 0 Å². The van der Waals surface area contributed by atoms with Crippen LogP contribution in [0.25, 0.3) is 0 Å². The van der Waals surface area contributed by atoms with Gasteiger partial charge in [0.15, 0.2) is 0 Å². The highest BCUT2D eigenvalue weighted by molar-refractivity contribution is 5.92. The normalized spacial score (nSPS) is 25.1. The van der Waals surface area contributed by atoms with Crippen LogP contribution >= 0.6 is 0 Å². The van der Waals surface area contributed by atoms with Gasteiger partial charge >= 0.3 is 0 Å². The number of rotatable bonds is 3. The average Bonchev–Trinajstić information content (AvgIpc) is 2.99. The molecule has 0 saturated carbocycles. The monoisotopic (exact) mass is 270 g/mol. The van der Waals surface area contributed by atoms with Gasteiger partial charge in [-0.05, 0) is 43.1 Å². The predicted octanol–water partition coefficient (Wildman–Crippen LogP) is 0.648. The molecule has 1 aromatic rings. The van der Waals surface area contributed by atoms with Crippen molar-refractivity contribution >= 4 is 11.6 Å². The van der Waals surface area contributed by atoms with Gasteiger partial charge in [-0.1, -0.05) is 6.07 Å². The number of fused-ring (bicyclic) bond motifs is 1. The Kier molecular flexibility index (Phi) is 3.68. The summed E-state index contributed by atoms with van der Waals surface area (Å²) in [5.41, 5.74) is 1.25. The van der Waals surface area contributed by atoms with Crippen LogP contribution in [0.5, 0.6) is 0 Å². The van der Waals surface area contributed by atoms with Gasteiger partial charge < -0.3 is 10.6 Å². The van der Waals surface area contributed by atoms with Crippen molar-refractivity contribution in [1.82, 2.24) is 10.2 Å². The van der Waals surface area contributed by atoms with E-state index >= 15 is 0 Å². The molecule has 5 heteroatoms. The Morgan fingerprint density at radius 2 is 2.15 bits per heavy atom. The Morgan fingerprint density at radius 1 is 1.40 bits per heavy atom. The largest absolute Gasteiger partial charge is 0.325 e. The number of anilines is 1. The number of hydrogen-bond acceptors (Lipinski definition) is 4. The van der Waals surface area contributed by atoms with Crippen molar-refractivity contribution in [3.63, 3.8) is 0 Å². The van der Waals surface area contributed by atoms with Gasteiger partial charge in [-0.3, -0.25) is 9.69 Å². The molecule has 2 saturated heterocycles. The van der Waals surface area contributed by atoms with E-state index in [0.29, 0.717) is 29.6 Å². The van der Waals surface area contributed by atoms with E-state index in [9.17, 15) is 4.79 Å². The van der Waals surface area contributed by atoms with Crippen LogP contribution in [0.3, 0.4) is 0 Å². The molecule has 2 aliphatic rings. The van der Waals surface area contributed by atoms with Crippen molar-refractivity contribution in [2.75, 3.05) is 38.0 Å². The fourth-order valence-corrected chi connectivity index (χ4v) is 3.15. The summed E-state index contributed by atoms with van der Waals surface area (Å²) in [4.78, 5) is 14.3. The van der Waals surface area contributed by atoms with E-state index in [0.717, 1.165) is 26.2 Å². The van der Waals surface area contributed by atoms with E-state index in [-0.39, 0.29) is 5.91 Å². The van der Waals surface area contributed by atoms with E-state index in [2.05, 4.69) is 21.6 Å². The summed E-state index contributed by atoms with van der Waals surface area (Å²) >= 11 is 0. The summed E-state index contributed by atoms with van der Waals surface area (Å²) in [7, 11) is 0. The van der Waals surface area contributed by atoms with Crippen LogP contribution in [-0.2, 0) is 4.79 Å². The molecule has 0 radical (unpaired) electrons. The maximum Gasteiger partial charge on any atom is 0.238 e. The second-order valence-electron chi connectivity index (χ2n) is 5.61. The van der Waals surface area contributed by atoms with E-state index in [4.69, 9.17) is 5.26 Å². The van der Waals surface area contributed by atoms with Crippen LogP contribution in [0.4, 0.5) is 5.69 Å². The summed E-state index contributed by atoms with van der Waals surface area (Å²) in [6.07, 6.45) is 0. The molecular weight excluding hydrogens is 252 g/mol. The Morgan fingerprint density at radius 3 is 2.85 bits per heavy atom. The molecule has 3 rings (SSSR count). The first-order chi connectivity index (χ1) is 9.74. The quantitative estimate of drug-likeness (QED) is 0.846. The van der Waals surface area contributed by atoms with Crippen LogP contribution in [0.1, 0.15) is 5.56 Å². The smallest absolute Gasteiger partial charge is 0.238 e. The van der Waals surface area contributed by atoms with Crippen molar-refractivity contribution in [3.8, 4) is 6.07 Å². The Bertz CT molecular complexity index is 539. The molecule has 20 heavy (non-hydrogen) atoms. The number of nitriles is 1. The maximum absolute atomic E-state index is 12.0. The standard InChI is InChI=1S/C15H18N4O/c16-5-11-2-1-3-14(4-11)18-15(20)10-19-8-12-6-17-7-13(12)9-19/h1-4,12-13,17H,6-10H2,(H,18,20)/t12-,13+. The highest BCUT2D eigenvalue weighted by Crippen LogP contribution is 2.25. The first-order valence-electron chi connectivity index (χ1n) is 6.97. The van der Waals surface area contributed by atoms with Crippen molar-refractivity contribution in [2.24, 2.45) is 11.8 Å². The SMILES string of the molecule is N#Cc1cccc(NC(=O)CN2C[C@H]3CNC[C@H]3C2)c1. The number of likely N-dealkylation sites (tertiary alicyclic amines) is 1. The molecule has 2 atom stereocenters. The third-order valence-corrected chi connectivity index (χ3v) is 4.11. The first-order valence-corrected chi connectivity index (χ1v) is 6.97. The van der Waals surface area contributed by atoms with E-state index in [1.54, 1.807) is 24.3 Å². The Labute approximate surface area is 118 Å². The lowest BCUT2D eigenvalue weighted by Gasteiger charge is -2.16. The fraction of sp³-hybridized carbons (Fsp3) is 0.467. The Hall–Kier alpha value is -1.90. The molecule has 2 N–H and O–H groups in total. The van der Waals surface area contributed by atoms with Crippen LogP contribution < -0.4 is 10.6 Å². The summed E-state index contributed by atoms with van der Waals surface area (Å²) in [6, 6.07) is 9.08. The topological polar surface area (TPSA) is 68.2 Å². The highest BCUT2D eigenvalue weighted by Gasteiger charge is 2.36. The third kappa shape index (κ3) is 2.82. The summed E-state index contributed by atoms with van der Waals surface area (Å²) in [5, 5.41) is 15.1. The third-order valence-electron chi connectivity index (χ3n) is 4.11. The number of nitrogens with one attached hydrogen (secondary N) is 2. The zero-order chi connectivity index (χ0) is 13.9. The second-order valence-corrected chi connectivity index (χ2v) is 5.61. The van der Waals surface area contributed by atoms with Crippen molar-refractivity contribution in [3.05, 3.63) is 29.8 Å². The lowest BCUT2D eigenvalue weighted by Crippen LogP contribution is -2.33. The molecule has 0 aromatic heterocycles. The minimum absolute atomic E-state index is 0.00646. The average molecular weight is 270 g/mol. The zero-order valence-electron chi connectivity index (χ0n) is 11.3. The van der Waals surface area contributed by atoms with Crippen molar-refractivity contribution < 1.29 is 4.79 Å². The van der Waals surface area contributed by atoms with Gasteiger partial charge in [-0.2, -0.15) is 5.26 Å². The molecule has 0 unspecified atom stereocenters. The fourth-order valence-electron chi connectivity index (χ4n) is 3.15. The van der Waals surface area contributed by atoms with Crippen LogP contribution in [-0.4, -0.2) is 43.5 Å². The number of amides is 1. The van der Waals surface area contributed by atoms with Crippen LogP contribution in [0, 0.1) is 23.2 Å². The molecule has 2 aliphatic heterocycles. The lowest BCUT2D eigenvalue weighted by molar-refractivity contribution is -0.117. The number of benzene rings is 1. The highest BCUT2D eigenvalue weighted by atomic mass is 16.2. The number of hydrogen-bond donors (Lipinski definition) is 2. The number of carbonyl (C=O) groups is 1. The lowest BCUT2D eigenvalue weighted by atomic mass is 10.0. The molecule has 2 heterocycles. The van der Waals surface area contributed by atoms with Crippen LogP contribution in [0.2, 0.25) is 0 Å². The van der Waals surface area contributed by atoms with Gasteiger partial charge in [-0.25, -0.2) is 0 Å². The first kappa shape index (κ1) is 13.1. The van der Waals surface area contributed by atoms with Gasteiger partial charge in [0, 0.05) is 18.8 Å². The predicted molar refractivity (Wildman–Crippen MR) is 76.1 cm³/mol. The Balaban J connectivity index is 1.54. The summed E-state index contributed by atoms with van der Waals surface area (Å²) in [6.45, 7) is 4.59. The molecule has 2 fully saturated rings. The number of nitrogens with zero attached hydrogens (tertiary/aromatic N) is 2. The molecule has 1 amide bonds. The minimum Gasteiger partial charge on any atom is -0.325 e. The molecule has 104 valence electrons. The van der Waals surface area contributed by atoms with Gasteiger partial charge in [-0.15, -0.1) is 0 Å². The van der Waals surface area contributed by atoms with E-state index in [1.165, 1.54) is 0 Å². The summed E-state index contributed by atoms with van der Waals surface area (Å²) in [5.74, 6) is 1.39. The van der Waals surface area contributed by atoms with E-state index in [1.807, 2.05) is 0 Å². The second kappa shape index (κ2) is 5.61. The molecule has 0 spiro atoms. The maximum atomic E-state index is 12.0. The van der Waals surface area contributed by atoms with Crippen molar-refractivity contribution in [2.45, 2.75) is 0 Å². The van der Waals surface area contributed by atoms with Gasteiger partial charge in [0.2, 0.25) is 5.91 Å². The van der Waals surface area contributed by atoms with Gasteiger partial charge in [0.05, 0.1) is 18.2 Å². The molecule has 1 aromatic carbocycles. The van der Waals surface area contributed by atoms with Crippen LogP contribution in [0.15, 0.2) is 24.3 Å². The minimum atomic E-state index is -0.00646. The van der Waals surface area contributed by atoms with Gasteiger partial charge in [0.25, 0.3) is 0 Å².